The third kappa shape index (κ3) is 4.00. The van der Waals surface area contributed by atoms with E-state index in [1.165, 1.54) is 11.1 Å². The summed E-state index contributed by atoms with van der Waals surface area (Å²) in [6.07, 6.45) is 1.95. The Hall–Kier alpha value is -2.75. The highest BCUT2D eigenvalue weighted by Gasteiger charge is 2.16. The third-order valence-electron chi connectivity index (χ3n) is 4.93. The first-order chi connectivity index (χ1) is 12.9. The van der Waals surface area contributed by atoms with Crippen LogP contribution in [-0.4, -0.2) is 17.6 Å². The molecule has 0 aliphatic heterocycles. The number of methoxy groups -OCH3 is 1. The number of nitrogens with zero attached hydrogens (tertiary/aromatic N) is 1. The zero-order valence-corrected chi connectivity index (χ0v) is 16.7. The van der Waals surface area contributed by atoms with E-state index in [1.54, 1.807) is 7.11 Å². The van der Waals surface area contributed by atoms with E-state index in [2.05, 4.69) is 51.2 Å². The van der Waals surface area contributed by atoms with Crippen molar-refractivity contribution in [3.63, 3.8) is 0 Å². The van der Waals surface area contributed by atoms with E-state index in [9.17, 15) is 4.79 Å². The molecule has 0 aliphatic rings. The molecule has 0 aliphatic carbocycles. The van der Waals surface area contributed by atoms with Gasteiger partial charge in [-0.3, -0.25) is 4.79 Å². The molecule has 1 aromatic heterocycles. The molecule has 0 unspecified atom stereocenters. The lowest BCUT2D eigenvalue weighted by Gasteiger charge is -2.20. The van der Waals surface area contributed by atoms with Crippen molar-refractivity contribution in [2.24, 2.45) is 0 Å². The zero-order valence-electron chi connectivity index (χ0n) is 16.7. The number of hydrogen-bond donors (Lipinski definition) is 1. The van der Waals surface area contributed by atoms with Gasteiger partial charge in [0.25, 0.3) is 0 Å². The number of rotatable bonds is 6. The van der Waals surface area contributed by atoms with E-state index < -0.39 is 0 Å². The summed E-state index contributed by atoms with van der Waals surface area (Å²) in [4.78, 5) is 12.8. The minimum Gasteiger partial charge on any atom is -0.497 e. The Bertz CT molecular complexity index is 928. The van der Waals surface area contributed by atoms with Crippen molar-refractivity contribution in [2.75, 3.05) is 12.4 Å². The molecule has 2 aromatic carbocycles. The number of aromatic nitrogens is 1. The van der Waals surface area contributed by atoms with Crippen molar-refractivity contribution in [3.8, 4) is 5.75 Å². The van der Waals surface area contributed by atoms with Gasteiger partial charge in [-0.15, -0.1) is 0 Å². The molecule has 0 saturated heterocycles. The largest absolute Gasteiger partial charge is 0.497 e. The number of ether oxygens (including phenoxy) is 1. The lowest BCUT2D eigenvalue weighted by Crippen LogP contribution is -2.20. The third-order valence-corrected chi connectivity index (χ3v) is 4.93. The highest BCUT2D eigenvalue weighted by molar-refractivity contribution is 5.94. The number of fused-ring (bicyclic) bond motifs is 1. The smallest absolute Gasteiger partial charge is 0.244 e. The molecular formula is C23H28N2O2. The van der Waals surface area contributed by atoms with E-state index in [1.807, 2.05) is 35.0 Å². The predicted molar refractivity (Wildman–Crippen MR) is 112 cm³/mol. The molecule has 0 saturated carbocycles. The Morgan fingerprint density at radius 2 is 1.70 bits per heavy atom. The van der Waals surface area contributed by atoms with Gasteiger partial charge < -0.3 is 14.6 Å². The minimum atomic E-state index is -0.0154. The standard InChI is InChI=1S/C23H28N2O2/c1-15(2)19-7-6-8-20(16(3)4)23(19)24-22(26)14-25-12-11-17-13-18(27-5)9-10-21(17)25/h6-13,15-16H,14H2,1-5H3,(H,24,26). The average molecular weight is 364 g/mol. The number of hydrogen-bond acceptors (Lipinski definition) is 2. The molecule has 1 amide bonds. The summed E-state index contributed by atoms with van der Waals surface area (Å²) in [5.74, 6) is 1.49. The first-order valence-electron chi connectivity index (χ1n) is 9.46. The van der Waals surface area contributed by atoms with Gasteiger partial charge in [0.2, 0.25) is 5.91 Å². The molecule has 27 heavy (non-hydrogen) atoms. The molecule has 1 N–H and O–H groups in total. The lowest BCUT2D eigenvalue weighted by molar-refractivity contribution is -0.116. The van der Waals surface area contributed by atoms with Gasteiger partial charge in [0.05, 0.1) is 7.11 Å². The van der Waals surface area contributed by atoms with Crippen LogP contribution in [0.2, 0.25) is 0 Å². The Morgan fingerprint density at radius 3 is 2.30 bits per heavy atom. The van der Waals surface area contributed by atoms with Crippen molar-refractivity contribution in [1.82, 2.24) is 4.57 Å². The fourth-order valence-corrected chi connectivity index (χ4v) is 3.47. The Balaban J connectivity index is 1.86. The molecule has 3 aromatic rings. The first-order valence-corrected chi connectivity index (χ1v) is 9.46. The number of para-hydroxylation sites is 1. The van der Waals surface area contributed by atoms with Gasteiger partial charge in [-0.1, -0.05) is 45.9 Å². The number of carbonyl (C=O) groups is 1. The zero-order chi connectivity index (χ0) is 19.6. The highest BCUT2D eigenvalue weighted by atomic mass is 16.5. The number of carbonyl (C=O) groups excluding carboxylic acids is 1. The van der Waals surface area contributed by atoms with Crippen LogP contribution in [0.1, 0.15) is 50.7 Å². The molecule has 4 heteroatoms. The van der Waals surface area contributed by atoms with Crippen molar-refractivity contribution in [3.05, 3.63) is 59.8 Å². The van der Waals surface area contributed by atoms with Crippen LogP contribution >= 0.6 is 0 Å². The van der Waals surface area contributed by atoms with Crippen LogP contribution in [-0.2, 0) is 11.3 Å². The number of anilines is 1. The summed E-state index contributed by atoms with van der Waals surface area (Å²) in [5.41, 5.74) is 4.34. The quantitative estimate of drug-likeness (QED) is 0.624. The molecule has 1 heterocycles. The molecule has 0 atom stereocenters. The van der Waals surface area contributed by atoms with Gasteiger partial charge >= 0.3 is 0 Å². The molecule has 0 radical (unpaired) electrons. The van der Waals surface area contributed by atoms with E-state index >= 15 is 0 Å². The normalized spacial score (nSPS) is 11.4. The SMILES string of the molecule is COc1ccc2c(ccn2CC(=O)Nc2c(C(C)C)cccc2C(C)C)c1. The average Bonchev–Trinajstić information content (AvgIpc) is 3.03. The molecule has 0 fully saturated rings. The molecule has 0 bridgehead atoms. The monoisotopic (exact) mass is 364 g/mol. The molecule has 3 rings (SSSR count). The fraction of sp³-hybridized carbons (Fsp3) is 0.348. The summed E-state index contributed by atoms with van der Waals surface area (Å²) in [7, 11) is 1.66. The maximum absolute atomic E-state index is 12.8. The van der Waals surface area contributed by atoms with Crippen LogP contribution < -0.4 is 10.1 Å². The van der Waals surface area contributed by atoms with Crippen molar-refractivity contribution >= 4 is 22.5 Å². The van der Waals surface area contributed by atoms with Gasteiger partial charge in [0, 0.05) is 22.8 Å². The Morgan fingerprint density at radius 1 is 1.04 bits per heavy atom. The van der Waals surface area contributed by atoms with Crippen molar-refractivity contribution in [2.45, 2.75) is 46.1 Å². The highest BCUT2D eigenvalue weighted by Crippen LogP contribution is 2.32. The van der Waals surface area contributed by atoms with Gasteiger partial charge in [0.15, 0.2) is 0 Å². The van der Waals surface area contributed by atoms with Crippen molar-refractivity contribution < 1.29 is 9.53 Å². The second kappa shape index (κ2) is 7.87. The van der Waals surface area contributed by atoms with Crippen LogP contribution in [0.25, 0.3) is 10.9 Å². The summed E-state index contributed by atoms with van der Waals surface area (Å²) >= 11 is 0. The molecule has 4 nitrogen and oxygen atoms in total. The van der Waals surface area contributed by atoms with Gasteiger partial charge in [0.1, 0.15) is 12.3 Å². The fourth-order valence-electron chi connectivity index (χ4n) is 3.47. The van der Waals surface area contributed by atoms with Crippen molar-refractivity contribution in [1.29, 1.82) is 0 Å². The topological polar surface area (TPSA) is 43.3 Å². The van der Waals surface area contributed by atoms with Crippen LogP contribution in [0.5, 0.6) is 5.75 Å². The van der Waals surface area contributed by atoms with E-state index in [4.69, 9.17) is 4.74 Å². The first kappa shape index (κ1) is 19.0. The van der Waals surface area contributed by atoms with Gasteiger partial charge in [-0.25, -0.2) is 0 Å². The van der Waals surface area contributed by atoms with Crippen LogP contribution in [0.15, 0.2) is 48.7 Å². The van der Waals surface area contributed by atoms with Crippen LogP contribution in [0.3, 0.4) is 0 Å². The van der Waals surface area contributed by atoms with Crippen LogP contribution in [0, 0.1) is 0 Å². The number of benzene rings is 2. The maximum Gasteiger partial charge on any atom is 0.244 e. The second-order valence-electron chi connectivity index (χ2n) is 7.54. The van der Waals surface area contributed by atoms with Gasteiger partial charge in [-0.05, 0) is 47.2 Å². The van der Waals surface area contributed by atoms with Crippen LogP contribution in [0.4, 0.5) is 5.69 Å². The van der Waals surface area contributed by atoms with Gasteiger partial charge in [-0.2, -0.15) is 0 Å². The second-order valence-corrected chi connectivity index (χ2v) is 7.54. The van der Waals surface area contributed by atoms with E-state index in [0.29, 0.717) is 11.8 Å². The maximum atomic E-state index is 12.8. The van der Waals surface area contributed by atoms with E-state index in [-0.39, 0.29) is 12.5 Å². The Labute approximate surface area is 161 Å². The summed E-state index contributed by atoms with van der Waals surface area (Å²) in [6.45, 7) is 8.90. The molecule has 142 valence electrons. The summed E-state index contributed by atoms with van der Waals surface area (Å²) in [6, 6.07) is 14.2. The predicted octanol–water partition coefficient (Wildman–Crippen LogP) is 5.54. The number of amides is 1. The van der Waals surface area contributed by atoms with E-state index in [0.717, 1.165) is 22.3 Å². The summed E-state index contributed by atoms with van der Waals surface area (Å²) in [5, 5.41) is 4.25. The Kier molecular flexibility index (Phi) is 5.54. The number of nitrogens with one attached hydrogen (secondary N) is 1. The lowest BCUT2D eigenvalue weighted by atomic mass is 9.92. The minimum absolute atomic E-state index is 0.0154. The molecular weight excluding hydrogens is 336 g/mol. The molecule has 0 spiro atoms. The summed E-state index contributed by atoms with van der Waals surface area (Å²) < 4.78 is 7.24.